The lowest BCUT2D eigenvalue weighted by molar-refractivity contribution is -0.147. The quantitative estimate of drug-likeness (QED) is 0.682. The highest BCUT2D eigenvalue weighted by Gasteiger charge is 2.51. The van der Waals surface area contributed by atoms with E-state index >= 15 is 0 Å². The molecular weight excluding hydrogens is 256 g/mol. The monoisotopic (exact) mass is 280 g/mol. The third-order valence-electron chi connectivity index (χ3n) is 4.67. The fourth-order valence-corrected chi connectivity index (χ4v) is 3.51. The van der Waals surface area contributed by atoms with Crippen molar-refractivity contribution in [1.29, 1.82) is 0 Å². The van der Waals surface area contributed by atoms with Gasteiger partial charge in [-0.05, 0) is 31.3 Å². The van der Waals surface area contributed by atoms with Gasteiger partial charge < -0.3 is 15.3 Å². The van der Waals surface area contributed by atoms with E-state index in [2.05, 4.69) is 24.1 Å². The molecule has 1 amide bonds. The molecule has 0 saturated heterocycles. The normalized spacial score (nSPS) is 30.9. The van der Waals surface area contributed by atoms with Crippen LogP contribution in [0, 0.1) is 23.7 Å². The molecule has 0 aromatic carbocycles. The van der Waals surface area contributed by atoms with E-state index in [1.807, 2.05) is 12.2 Å². The summed E-state index contributed by atoms with van der Waals surface area (Å²) < 4.78 is 0. The molecule has 5 heteroatoms. The van der Waals surface area contributed by atoms with Crippen LogP contribution in [0.4, 0.5) is 0 Å². The van der Waals surface area contributed by atoms with Crippen molar-refractivity contribution >= 4 is 11.9 Å². The number of carboxylic acid groups (broad SMARTS) is 1. The van der Waals surface area contributed by atoms with Crippen LogP contribution in [0.2, 0.25) is 0 Å². The van der Waals surface area contributed by atoms with Gasteiger partial charge in [0.15, 0.2) is 0 Å². The van der Waals surface area contributed by atoms with E-state index in [1.54, 1.807) is 0 Å². The Morgan fingerprint density at radius 2 is 1.80 bits per heavy atom. The van der Waals surface area contributed by atoms with Gasteiger partial charge in [-0.1, -0.05) is 26.0 Å². The van der Waals surface area contributed by atoms with Crippen molar-refractivity contribution in [3.63, 3.8) is 0 Å². The molecule has 0 spiro atoms. The van der Waals surface area contributed by atoms with Gasteiger partial charge in [-0.15, -0.1) is 0 Å². The van der Waals surface area contributed by atoms with Gasteiger partial charge in [-0.2, -0.15) is 0 Å². The third-order valence-corrected chi connectivity index (χ3v) is 4.67. The smallest absolute Gasteiger partial charge is 0.307 e. The van der Waals surface area contributed by atoms with Gasteiger partial charge in [0, 0.05) is 13.1 Å². The van der Waals surface area contributed by atoms with Gasteiger partial charge in [0.25, 0.3) is 0 Å². The van der Waals surface area contributed by atoms with E-state index < -0.39 is 11.9 Å². The zero-order chi connectivity index (χ0) is 14.7. The zero-order valence-corrected chi connectivity index (χ0v) is 12.2. The van der Waals surface area contributed by atoms with Crippen LogP contribution in [-0.4, -0.2) is 48.1 Å². The van der Waals surface area contributed by atoms with Gasteiger partial charge in [0.1, 0.15) is 0 Å². The highest BCUT2D eigenvalue weighted by atomic mass is 16.4. The molecule has 2 N–H and O–H groups in total. The van der Waals surface area contributed by atoms with Crippen molar-refractivity contribution in [1.82, 2.24) is 10.2 Å². The van der Waals surface area contributed by atoms with Crippen molar-refractivity contribution in [2.75, 3.05) is 26.2 Å². The largest absolute Gasteiger partial charge is 0.481 e. The number of rotatable bonds is 7. The summed E-state index contributed by atoms with van der Waals surface area (Å²) in [6.45, 7) is 7.50. The van der Waals surface area contributed by atoms with E-state index in [0.717, 1.165) is 26.1 Å². The molecular formula is C15H24N2O3. The minimum Gasteiger partial charge on any atom is -0.481 e. The number of aliphatic carboxylic acids is 1. The molecule has 0 heterocycles. The number of nitrogens with one attached hydrogen (secondary N) is 1. The number of amides is 1. The molecule has 2 bridgehead atoms. The summed E-state index contributed by atoms with van der Waals surface area (Å²) in [5.74, 6) is -1.73. The van der Waals surface area contributed by atoms with E-state index in [-0.39, 0.29) is 23.7 Å². The standard InChI is InChI=1S/C15H24N2O3/c1-3-17(4-2)8-7-16-14(18)12-10-5-6-11(9-10)13(12)15(19)20/h5-6,10-13H,3-4,7-9H2,1-2H3,(H,16,18)(H,19,20). The second-order valence-corrected chi connectivity index (χ2v) is 5.66. The molecule has 112 valence electrons. The van der Waals surface area contributed by atoms with E-state index in [1.165, 1.54) is 0 Å². The summed E-state index contributed by atoms with van der Waals surface area (Å²) in [7, 11) is 0. The average Bonchev–Trinajstić information content (AvgIpc) is 3.03. The first kappa shape index (κ1) is 15.0. The number of nitrogens with zero attached hydrogens (tertiary/aromatic N) is 1. The zero-order valence-electron chi connectivity index (χ0n) is 12.2. The van der Waals surface area contributed by atoms with Crippen molar-refractivity contribution in [2.24, 2.45) is 23.7 Å². The summed E-state index contributed by atoms with van der Waals surface area (Å²) >= 11 is 0. The predicted octanol–water partition coefficient (Wildman–Crippen LogP) is 0.967. The van der Waals surface area contributed by atoms with Crippen LogP contribution in [0.15, 0.2) is 12.2 Å². The van der Waals surface area contributed by atoms with Crippen LogP contribution in [0.3, 0.4) is 0 Å². The first-order valence-corrected chi connectivity index (χ1v) is 7.49. The molecule has 4 unspecified atom stereocenters. The lowest BCUT2D eigenvalue weighted by atomic mass is 9.82. The number of hydrogen-bond acceptors (Lipinski definition) is 3. The first-order chi connectivity index (χ1) is 9.58. The molecule has 1 fully saturated rings. The Morgan fingerprint density at radius 1 is 1.20 bits per heavy atom. The van der Waals surface area contributed by atoms with E-state index in [9.17, 15) is 14.7 Å². The highest BCUT2D eigenvalue weighted by Crippen LogP contribution is 2.48. The average molecular weight is 280 g/mol. The fraction of sp³-hybridized carbons (Fsp3) is 0.733. The van der Waals surface area contributed by atoms with Crippen LogP contribution >= 0.6 is 0 Å². The van der Waals surface area contributed by atoms with Gasteiger partial charge in [0.2, 0.25) is 5.91 Å². The number of allylic oxidation sites excluding steroid dienone is 2. The van der Waals surface area contributed by atoms with E-state index in [0.29, 0.717) is 6.54 Å². The SMILES string of the molecule is CCN(CC)CCNC(=O)C1C2C=CC(C2)C1C(=O)O. The summed E-state index contributed by atoms with van der Waals surface area (Å²) in [4.78, 5) is 25.9. The second-order valence-electron chi connectivity index (χ2n) is 5.66. The summed E-state index contributed by atoms with van der Waals surface area (Å²) in [5.41, 5.74) is 0. The molecule has 4 atom stereocenters. The van der Waals surface area contributed by atoms with Gasteiger partial charge in [-0.3, -0.25) is 9.59 Å². The third kappa shape index (κ3) is 2.87. The second kappa shape index (κ2) is 6.39. The molecule has 20 heavy (non-hydrogen) atoms. The number of fused-ring (bicyclic) bond motifs is 2. The molecule has 0 aromatic heterocycles. The Hall–Kier alpha value is -1.36. The Labute approximate surface area is 120 Å². The summed E-state index contributed by atoms with van der Waals surface area (Å²) in [6, 6.07) is 0. The van der Waals surface area contributed by atoms with Crippen molar-refractivity contribution < 1.29 is 14.7 Å². The Morgan fingerprint density at radius 3 is 2.35 bits per heavy atom. The topological polar surface area (TPSA) is 69.6 Å². The van der Waals surface area contributed by atoms with Crippen molar-refractivity contribution in [3.8, 4) is 0 Å². The van der Waals surface area contributed by atoms with Crippen molar-refractivity contribution in [3.05, 3.63) is 12.2 Å². The molecule has 1 saturated carbocycles. The lowest BCUT2D eigenvalue weighted by Gasteiger charge is -2.25. The molecule has 2 rings (SSSR count). The Kier molecular flexibility index (Phi) is 4.81. The highest BCUT2D eigenvalue weighted by molar-refractivity contribution is 5.86. The molecule has 2 aliphatic carbocycles. The van der Waals surface area contributed by atoms with Crippen LogP contribution in [0.5, 0.6) is 0 Å². The minimum absolute atomic E-state index is 0.0380. The van der Waals surface area contributed by atoms with Crippen LogP contribution in [-0.2, 0) is 9.59 Å². The van der Waals surface area contributed by atoms with Crippen LogP contribution in [0.1, 0.15) is 20.3 Å². The maximum absolute atomic E-state index is 12.3. The van der Waals surface area contributed by atoms with Gasteiger partial charge >= 0.3 is 5.97 Å². The lowest BCUT2D eigenvalue weighted by Crippen LogP contribution is -2.42. The summed E-state index contributed by atoms with van der Waals surface area (Å²) in [6.07, 6.45) is 4.78. The fourth-order valence-electron chi connectivity index (χ4n) is 3.51. The maximum Gasteiger partial charge on any atom is 0.307 e. The maximum atomic E-state index is 12.3. The van der Waals surface area contributed by atoms with Crippen molar-refractivity contribution in [2.45, 2.75) is 20.3 Å². The molecule has 0 aliphatic heterocycles. The first-order valence-electron chi connectivity index (χ1n) is 7.49. The van der Waals surface area contributed by atoms with E-state index in [4.69, 9.17) is 0 Å². The Bertz CT molecular complexity index is 404. The number of hydrogen-bond donors (Lipinski definition) is 2. The van der Waals surface area contributed by atoms with Crippen LogP contribution in [0.25, 0.3) is 0 Å². The predicted molar refractivity (Wildman–Crippen MR) is 76.2 cm³/mol. The van der Waals surface area contributed by atoms with Gasteiger partial charge in [0.05, 0.1) is 11.8 Å². The Balaban J connectivity index is 1.89. The number of likely N-dealkylation sites (N-methyl/N-ethyl adjacent to an activating group) is 1. The number of carboxylic acids is 1. The van der Waals surface area contributed by atoms with Crippen LogP contribution < -0.4 is 5.32 Å². The number of carbonyl (C=O) groups excluding carboxylic acids is 1. The molecule has 2 aliphatic rings. The minimum atomic E-state index is -0.842. The number of carbonyl (C=O) groups is 2. The molecule has 0 aromatic rings. The molecule has 0 radical (unpaired) electrons. The summed E-state index contributed by atoms with van der Waals surface area (Å²) in [5, 5.41) is 12.2. The molecule has 5 nitrogen and oxygen atoms in total. The van der Waals surface area contributed by atoms with Gasteiger partial charge in [-0.25, -0.2) is 0 Å².